The van der Waals surface area contributed by atoms with Crippen molar-refractivity contribution in [3.05, 3.63) is 63.3 Å². The molecular weight excluding hydrogens is 375 g/mol. The molecule has 0 spiro atoms. The number of hydrogen-bond donors (Lipinski definition) is 2. The molecule has 0 heterocycles. The second-order valence-electron chi connectivity index (χ2n) is 4.57. The third-order valence-corrected chi connectivity index (χ3v) is 4.98. The van der Waals surface area contributed by atoms with E-state index in [9.17, 15) is 4.39 Å². The van der Waals surface area contributed by atoms with Gasteiger partial charge in [0.1, 0.15) is 5.82 Å². The van der Waals surface area contributed by atoms with Crippen LogP contribution in [0.15, 0.2) is 51.8 Å². The Hall–Kier alpha value is -0.590. The van der Waals surface area contributed by atoms with Crippen LogP contribution in [0.3, 0.4) is 0 Å². The fourth-order valence-corrected chi connectivity index (χ4v) is 3.62. The van der Waals surface area contributed by atoms with Gasteiger partial charge < -0.3 is 0 Å². The molecular formula is C15H15BrClFN2S. The van der Waals surface area contributed by atoms with E-state index >= 15 is 0 Å². The first-order chi connectivity index (χ1) is 10.1. The number of rotatable bonds is 6. The van der Waals surface area contributed by atoms with Crippen LogP contribution in [0.4, 0.5) is 4.39 Å². The Morgan fingerprint density at radius 2 is 2.10 bits per heavy atom. The molecule has 0 aliphatic heterocycles. The van der Waals surface area contributed by atoms with E-state index in [-0.39, 0.29) is 11.9 Å². The van der Waals surface area contributed by atoms with E-state index in [2.05, 4.69) is 21.4 Å². The number of halogens is 3. The van der Waals surface area contributed by atoms with Gasteiger partial charge in [-0.1, -0.05) is 33.6 Å². The van der Waals surface area contributed by atoms with Crippen LogP contribution in [-0.2, 0) is 6.42 Å². The summed E-state index contributed by atoms with van der Waals surface area (Å²) in [5.41, 5.74) is 3.53. The third kappa shape index (κ3) is 5.27. The maximum absolute atomic E-state index is 13.3. The minimum absolute atomic E-state index is 0.00767. The van der Waals surface area contributed by atoms with Gasteiger partial charge in [-0.15, -0.1) is 11.8 Å². The number of hydrazine groups is 1. The quantitative estimate of drug-likeness (QED) is 0.437. The predicted octanol–water partition coefficient (Wildman–Crippen LogP) is 4.41. The lowest BCUT2D eigenvalue weighted by molar-refractivity contribution is 0.570. The van der Waals surface area contributed by atoms with E-state index < -0.39 is 0 Å². The highest BCUT2D eigenvalue weighted by Crippen LogP contribution is 2.24. The molecule has 2 nitrogen and oxygen atoms in total. The number of nitrogens with two attached hydrogens (primary N) is 1. The minimum Gasteiger partial charge on any atom is -0.271 e. The molecule has 0 aliphatic carbocycles. The van der Waals surface area contributed by atoms with Crippen molar-refractivity contribution < 1.29 is 4.39 Å². The summed E-state index contributed by atoms with van der Waals surface area (Å²) in [7, 11) is 0. The molecule has 0 radical (unpaired) electrons. The van der Waals surface area contributed by atoms with Gasteiger partial charge in [0.25, 0.3) is 0 Å². The van der Waals surface area contributed by atoms with Crippen molar-refractivity contribution in [2.45, 2.75) is 17.4 Å². The molecule has 3 N–H and O–H groups in total. The van der Waals surface area contributed by atoms with E-state index in [1.165, 1.54) is 12.1 Å². The summed E-state index contributed by atoms with van der Waals surface area (Å²) in [6.45, 7) is 0. The maximum Gasteiger partial charge on any atom is 0.123 e. The average molecular weight is 390 g/mol. The highest BCUT2D eigenvalue weighted by molar-refractivity contribution is 9.10. The van der Waals surface area contributed by atoms with Gasteiger partial charge in [-0.2, -0.15) is 0 Å². The average Bonchev–Trinajstić information content (AvgIpc) is 2.47. The first-order valence-corrected chi connectivity index (χ1v) is 8.52. The minimum atomic E-state index is -0.287. The van der Waals surface area contributed by atoms with Crippen LogP contribution < -0.4 is 11.3 Å². The van der Waals surface area contributed by atoms with Crippen molar-refractivity contribution >= 4 is 39.3 Å². The maximum atomic E-state index is 13.3. The Bertz CT molecular complexity index is 612. The highest BCUT2D eigenvalue weighted by atomic mass is 79.9. The smallest absolute Gasteiger partial charge is 0.123 e. The Morgan fingerprint density at radius 3 is 2.81 bits per heavy atom. The van der Waals surface area contributed by atoms with Gasteiger partial charge in [-0.3, -0.25) is 11.3 Å². The van der Waals surface area contributed by atoms with Gasteiger partial charge >= 0.3 is 0 Å². The van der Waals surface area contributed by atoms with Gasteiger partial charge in [0.15, 0.2) is 0 Å². The van der Waals surface area contributed by atoms with Crippen LogP contribution >= 0.6 is 39.3 Å². The Balaban J connectivity index is 1.98. The molecule has 0 fully saturated rings. The van der Waals surface area contributed by atoms with Crippen molar-refractivity contribution in [1.82, 2.24) is 5.43 Å². The predicted molar refractivity (Wildman–Crippen MR) is 91.1 cm³/mol. The van der Waals surface area contributed by atoms with E-state index in [0.29, 0.717) is 11.4 Å². The first kappa shape index (κ1) is 16.8. The Morgan fingerprint density at radius 1 is 1.29 bits per heavy atom. The van der Waals surface area contributed by atoms with Crippen LogP contribution in [0, 0.1) is 5.82 Å². The van der Waals surface area contributed by atoms with E-state index in [0.717, 1.165) is 20.7 Å². The number of benzene rings is 2. The van der Waals surface area contributed by atoms with E-state index in [1.54, 1.807) is 17.8 Å². The zero-order chi connectivity index (χ0) is 15.2. The molecule has 0 bridgehead atoms. The van der Waals surface area contributed by atoms with Crippen molar-refractivity contribution in [2.24, 2.45) is 5.84 Å². The monoisotopic (exact) mass is 388 g/mol. The van der Waals surface area contributed by atoms with Crippen LogP contribution in [0.1, 0.15) is 5.56 Å². The molecule has 112 valence electrons. The van der Waals surface area contributed by atoms with Crippen molar-refractivity contribution in [1.29, 1.82) is 0 Å². The van der Waals surface area contributed by atoms with Crippen LogP contribution in [-0.4, -0.2) is 11.8 Å². The molecule has 0 aromatic heterocycles. The number of thioether (sulfide) groups is 1. The summed E-state index contributed by atoms with van der Waals surface area (Å²) >= 11 is 11.2. The molecule has 1 unspecified atom stereocenters. The second kappa shape index (κ2) is 8.15. The normalized spacial score (nSPS) is 12.4. The molecule has 1 atom stereocenters. The highest BCUT2D eigenvalue weighted by Gasteiger charge is 2.12. The summed E-state index contributed by atoms with van der Waals surface area (Å²) in [5.74, 6) is 6.07. The molecule has 0 aliphatic rings. The van der Waals surface area contributed by atoms with Gasteiger partial charge in [-0.25, -0.2) is 4.39 Å². The van der Waals surface area contributed by atoms with E-state index in [4.69, 9.17) is 17.4 Å². The number of hydrogen-bond acceptors (Lipinski definition) is 3. The van der Waals surface area contributed by atoms with Gasteiger partial charge in [0.05, 0.1) is 0 Å². The standard InChI is InChI=1S/C15H15BrClFN2S/c16-11-2-1-3-14(8-11)21-9-13(20-19)7-10-6-12(18)4-5-15(10)17/h1-6,8,13,20H,7,9,19H2. The Labute approximate surface area is 141 Å². The van der Waals surface area contributed by atoms with E-state index in [1.807, 2.05) is 24.3 Å². The molecule has 6 heteroatoms. The lowest BCUT2D eigenvalue weighted by Gasteiger charge is -2.16. The molecule has 0 saturated heterocycles. The number of nitrogens with one attached hydrogen (secondary N) is 1. The first-order valence-electron chi connectivity index (χ1n) is 6.37. The molecule has 2 aromatic rings. The van der Waals surface area contributed by atoms with Crippen molar-refractivity contribution in [2.75, 3.05) is 5.75 Å². The van der Waals surface area contributed by atoms with Crippen molar-refractivity contribution in [3.8, 4) is 0 Å². The zero-order valence-corrected chi connectivity index (χ0v) is 14.3. The second-order valence-corrected chi connectivity index (χ2v) is 6.99. The summed E-state index contributed by atoms with van der Waals surface area (Å²) in [6, 6.07) is 12.4. The summed E-state index contributed by atoms with van der Waals surface area (Å²) in [4.78, 5) is 1.15. The molecule has 0 amide bonds. The van der Waals surface area contributed by atoms with Gasteiger partial charge in [0.2, 0.25) is 0 Å². The fraction of sp³-hybridized carbons (Fsp3) is 0.200. The third-order valence-electron chi connectivity index (χ3n) is 2.96. The van der Waals surface area contributed by atoms with Crippen LogP contribution in [0.25, 0.3) is 0 Å². The fourth-order valence-electron chi connectivity index (χ4n) is 1.88. The molecule has 2 aromatic carbocycles. The molecule has 21 heavy (non-hydrogen) atoms. The zero-order valence-electron chi connectivity index (χ0n) is 11.2. The molecule has 2 rings (SSSR count). The summed E-state index contributed by atoms with van der Waals surface area (Å²) < 4.78 is 14.3. The largest absolute Gasteiger partial charge is 0.271 e. The summed E-state index contributed by atoms with van der Waals surface area (Å²) in [6.07, 6.45) is 0.577. The molecule has 0 saturated carbocycles. The van der Waals surface area contributed by atoms with Gasteiger partial charge in [-0.05, 0) is 48.4 Å². The lowest BCUT2D eigenvalue weighted by Crippen LogP contribution is -2.38. The van der Waals surface area contributed by atoms with Gasteiger partial charge in [0, 0.05) is 26.2 Å². The topological polar surface area (TPSA) is 38.0 Å². The summed E-state index contributed by atoms with van der Waals surface area (Å²) in [5, 5.41) is 0.559. The van der Waals surface area contributed by atoms with Crippen molar-refractivity contribution in [3.63, 3.8) is 0 Å². The lowest BCUT2D eigenvalue weighted by atomic mass is 10.1. The van der Waals surface area contributed by atoms with Crippen LogP contribution in [0.2, 0.25) is 5.02 Å². The van der Waals surface area contributed by atoms with Crippen LogP contribution in [0.5, 0.6) is 0 Å². The SMILES string of the molecule is NNC(CSc1cccc(Br)c1)Cc1cc(F)ccc1Cl. The Kier molecular flexibility index (Phi) is 6.51.